The van der Waals surface area contributed by atoms with Crippen LogP contribution in [0.2, 0.25) is 0 Å². The summed E-state index contributed by atoms with van der Waals surface area (Å²) in [7, 11) is 11.6. The lowest BCUT2D eigenvalue weighted by atomic mass is 9.90. The minimum absolute atomic E-state index is 0.0541. The van der Waals surface area contributed by atoms with Gasteiger partial charge in [-0.3, -0.25) is 9.59 Å². The number of nitrogens with one attached hydrogen (secondary N) is 2. The average Bonchev–Trinajstić information content (AvgIpc) is 2.98. The Kier molecular flexibility index (Phi) is 12.3. The Bertz CT molecular complexity index is 1080. The highest BCUT2D eigenvalue weighted by molar-refractivity contribution is 5.96. The Hall–Kier alpha value is -3.50. The van der Waals surface area contributed by atoms with E-state index in [4.69, 9.17) is 20.9 Å². The fraction of sp³-hybridized carbons (Fsp3) is 0.562. The fourth-order valence-corrected chi connectivity index (χ4v) is 5.72. The molecule has 232 valence electrons. The molecule has 0 saturated heterocycles. The smallest absolute Gasteiger partial charge is 0.251 e. The molecular formula is C32H50N6O4. The first-order valence-electron chi connectivity index (χ1n) is 14.8. The SMILES string of the molecule is COc1cc(C(=O)NC2CCC(N(C)C)CC2)ccc1N.COc1cc(C(=O)NC2CCC(N(C)C)CC2)ccc1N. The van der Waals surface area contributed by atoms with Crippen LogP contribution in [0.5, 0.6) is 11.5 Å². The molecule has 10 heteroatoms. The second-order valence-electron chi connectivity index (χ2n) is 11.8. The Morgan fingerprint density at radius 3 is 1.26 bits per heavy atom. The lowest BCUT2D eigenvalue weighted by Crippen LogP contribution is -2.41. The third-order valence-electron chi connectivity index (χ3n) is 8.52. The van der Waals surface area contributed by atoms with E-state index in [1.807, 2.05) is 0 Å². The van der Waals surface area contributed by atoms with Crippen LogP contribution in [-0.4, -0.2) is 88.2 Å². The molecule has 2 aromatic carbocycles. The van der Waals surface area contributed by atoms with Gasteiger partial charge in [-0.25, -0.2) is 0 Å². The Labute approximate surface area is 251 Å². The van der Waals surface area contributed by atoms with Crippen LogP contribution in [0.15, 0.2) is 36.4 Å². The van der Waals surface area contributed by atoms with Gasteiger partial charge in [0, 0.05) is 35.3 Å². The summed E-state index contributed by atoms with van der Waals surface area (Å²) in [5.41, 5.74) is 13.8. The van der Waals surface area contributed by atoms with Gasteiger partial charge in [0.25, 0.3) is 11.8 Å². The summed E-state index contributed by atoms with van der Waals surface area (Å²) in [6.45, 7) is 0. The normalized spacial score (nSPS) is 22.1. The van der Waals surface area contributed by atoms with Crippen molar-refractivity contribution in [3.63, 3.8) is 0 Å². The van der Waals surface area contributed by atoms with Crippen molar-refractivity contribution in [3.05, 3.63) is 47.5 Å². The number of methoxy groups -OCH3 is 2. The van der Waals surface area contributed by atoms with Crippen molar-refractivity contribution in [1.29, 1.82) is 0 Å². The Morgan fingerprint density at radius 1 is 0.643 bits per heavy atom. The lowest BCUT2D eigenvalue weighted by Gasteiger charge is -2.33. The monoisotopic (exact) mass is 582 g/mol. The molecule has 0 atom stereocenters. The number of nitrogen functional groups attached to an aromatic ring is 2. The topological polar surface area (TPSA) is 135 Å². The largest absolute Gasteiger partial charge is 0.495 e. The van der Waals surface area contributed by atoms with Crippen molar-refractivity contribution in [2.45, 2.75) is 75.5 Å². The molecule has 2 saturated carbocycles. The number of carbonyl (C=O) groups is 2. The molecule has 10 nitrogen and oxygen atoms in total. The number of hydrogen-bond donors (Lipinski definition) is 4. The molecular weight excluding hydrogens is 532 g/mol. The zero-order chi connectivity index (χ0) is 30.8. The fourth-order valence-electron chi connectivity index (χ4n) is 5.72. The predicted molar refractivity (Wildman–Crippen MR) is 169 cm³/mol. The molecule has 2 amide bonds. The molecule has 0 aliphatic heterocycles. The molecule has 42 heavy (non-hydrogen) atoms. The number of benzene rings is 2. The lowest BCUT2D eigenvalue weighted by molar-refractivity contribution is 0.0907. The van der Waals surface area contributed by atoms with Crippen LogP contribution in [0.4, 0.5) is 11.4 Å². The van der Waals surface area contributed by atoms with Gasteiger partial charge in [-0.05, 0) is 116 Å². The first-order chi connectivity index (χ1) is 20.0. The van der Waals surface area contributed by atoms with Crippen LogP contribution >= 0.6 is 0 Å². The molecule has 0 radical (unpaired) electrons. The predicted octanol–water partition coefficient (Wildman–Crippen LogP) is 3.76. The van der Waals surface area contributed by atoms with Gasteiger partial charge in [-0.1, -0.05) is 0 Å². The molecule has 0 aromatic heterocycles. The summed E-state index contributed by atoms with van der Waals surface area (Å²) in [6, 6.07) is 12.1. The van der Waals surface area contributed by atoms with E-state index in [1.165, 1.54) is 0 Å². The first kappa shape index (κ1) is 33.0. The second kappa shape index (κ2) is 15.7. The van der Waals surface area contributed by atoms with Crippen LogP contribution in [0.3, 0.4) is 0 Å². The summed E-state index contributed by atoms with van der Waals surface area (Å²) in [5, 5.41) is 6.22. The van der Waals surface area contributed by atoms with E-state index in [0.717, 1.165) is 51.4 Å². The summed E-state index contributed by atoms with van der Waals surface area (Å²) in [4.78, 5) is 29.1. The third kappa shape index (κ3) is 9.25. The number of anilines is 2. The molecule has 2 fully saturated rings. The van der Waals surface area contributed by atoms with Crippen LogP contribution in [0, 0.1) is 0 Å². The number of amides is 2. The standard InChI is InChI=1S/2C16H25N3O2/c2*1-19(2)13-7-5-12(6-8-13)18-16(20)11-4-9-14(17)15(10-11)21-3/h2*4,9-10,12-13H,5-8,17H2,1-3H3,(H,18,20). The van der Waals surface area contributed by atoms with Crippen LogP contribution in [0.25, 0.3) is 0 Å². The maximum Gasteiger partial charge on any atom is 0.251 e. The van der Waals surface area contributed by atoms with E-state index in [-0.39, 0.29) is 23.9 Å². The molecule has 0 heterocycles. The summed E-state index contributed by atoms with van der Waals surface area (Å²) in [6.07, 6.45) is 8.63. The molecule has 0 unspecified atom stereocenters. The minimum atomic E-state index is -0.0541. The van der Waals surface area contributed by atoms with Crippen LogP contribution in [0.1, 0.15) is 72.1 Å². The number of ether oxygens (including phenoxy) is 2. The van der Waals surface area contributed by atoms with Crippen molar-refractivity contribution in [2.24, 2.45) is 0 Å². The minimum Gasteiger partial charge on any atom is -0.495 e. The van der Waals surface area contributed by atoms with Crippen molar-refractivity contribution >= 4 is 23.2 Å². The number of hydrogen-bond acceptors (Lipinski definition) is 8. The molecule has 2 aliphatic rings. The van der Waals surface area contributed by atoms with Crippen molar-refractivity contribution in [1.82, 2.24) is 20.4 Å². The van der Waals surface area contributed by atoms with Gasteiger partial charge in [0.05, 0.1) is 25.6 Å². The van der Waals surface area contributed by atoms with E-state index >= 15 is 0 Å². The summed E-state index contributed by atoms with van der Waals surface area (Å²) in [5.74, 6) is 0.973. The number of rotatable bonds is 8. The third-order valence-corrected chi connectivity index (χ3v) is 8.52. The van der Waals surface area contributed by atoms with Crippen LogP contribution < -0.4 is 31.6 Å². The highest BCUT2D eigenvalue weighted by Crippen LogP contribution is 2.26. The van der Waals surface area contributed by atoms with E-state index < -0.39 is 0 Å². The van der Waals surface area contributed by atoms with E-state index in [2.05, 4.69) is 48.6 Å². The van der Waals surface area contributed by atoms with Gasteiger partial charge < -0.3 is 41.4 Å². The maximum absolute atomic E-state index is 12.3. The van der Waals surface area contributed by atoms with Crippen molar-refractivity contribution < 1.29 is 19.1 Å². The first-order valence-corrected chi connectivity index (χ1v) is 14.8. The van der Waals surface area contributed by atoms with Crippen molar-refractivity contribution in [3.8, 4) is 11.5 Å². The van der Waals surface area contributed by atoms with Gasteiger partial charge in [-0.15, -0.1) is 0 Å². The van der Waals surface area contributed by atoms with E-state index in [0.29, 0.717) is 46.1 Å². The van der Waals surface area contributed by atoms with Gasteiger partial charge in [0.1, 0.15) is 11.5 Å². The summed E-state index contributed by atoms with van der Waals surface area (Å²) < 4.78 is 10.3. The Morgan fingerprint density at radius 2 is 0.976 bits per heavy atom. The van der Waals surface area contributed by atoms with Gasteiger partial charge in [-0.2, -0.15) is 0 Å². The molecule has 2 aliphatic carbocycles. The highest BCUT2D eigenvalue weighted by Gasteiger charge is 2.25. The van der Waals surface area contributed by atoms with E-state index in [9.17, 15) is 9.59 Å². The summed E-state index contributed by atoms with van der Waals surface area (Å²) >= 11 is 0. The van der Waals surface area contributed by atoms with E-state index in [1.54, 1.807) is 50.6 Å². The molecule has 4 rings (SSSR count). The Balaban J connectivity index is 0.000000230. The van der Waals surface area contributed by atoms with Gasteiger partial charge in [0.2, 0.25) is 0 Å². The van der Waals surface area contributed by atoms with Gasteiger partial charge in [0.15, 0.2) is 0 Å². The quantitative estimate of drug-likeness (QED) is 0.346. The number of carbonyl (C=O) groups excluding carboxylic acids is 2. The number of nitrogens with zero attached hydrogens (tertiary/aromatic N) is 2. The zero-order valence-corrected chi connectivity index (χ0v) is 26.1. The molecule has 2 aromatic rings. The molecule has 0 bridgehead atoms. The zero-order valence-electron chi connectivity index (χ0n) is 26.1. The highest BCUT2D eigenvalue weighted by atomic mass is 16.5. The van der Waals surface area contributed by atoms with Crippen LogP contribution in [-0.2, 0) is 0 Å². The number of nitrogens with two attached hydrogens (primary N) is 2. The molecule has 0 spiro atoms. The van der Waals surface area contributed by atoms with Crippen molar-refractivity contribution in [2.75, 3.05) is 53.9 Å². The maximum atomic E-state index is 12.3. The molecule has 6 N–H and O–H groups in total. The second-order valence-corrected chi connectivity index (χ2v) is 11.8. The van der Waals surface area contributed by atoms with Gasteiger partial charge >= 0.3 is 0 Å². The average molecular weight is 583 g/mol.